The zero-order valence-electron chi connectivity index (χ0n) is 24.0. The Bertz CT molecular complexity index is 1250. The number of benzene rings is 2. The lowest BCUT2D eigenvalue weighted by atomic mass is 9.92. The Morgan fingerprint density at radius 2 is 1.90 bits per heavy atom. The summed E-state index contributed by atoms with van der Waals surface area (Å²) in [5.41, 5.74) is 9.33. The van der Waals surface area contributed by atoms with Gasteiger partial charge in [-0.25, -0.2) is 4.39 Å². The lowest BCUT2D eigenvalue weighted by molar-refractivity contribution is -0.384. The third-order valence-corrected chi connectivity index (χ3v) is 7.31. The van der Waals surface area contributed by atoms with E-state index in [2.05, 4.69) is 30.7 Å². The summed E-state index contributed by atoms with van der Waals surface area (Å²) >= 11 is 5.80. The first kappa shape index (κ1) is 32.7. The van der Waals surface area contributed by atoms with Gasteiger partial charge in [0.25, 0.3) is 5.69 Å². The Morgan fingerprint density at radius 3 is 2.45 bits per heavy atom. The molecule has 3 atom stereocenters. The quantitative estimate of drug-likeness (QED) is 0.176. The van der Waals surface area contributed by atoms with Gasteiger partial charge in [-0.3, -0.25) is 15.1 Å². The molecule has 0 bridgehead atoms. The average molecular weight is 570 g/mol. The summed E-state index contributed by atoms with van der Waals surface area (Å²) in [6.45, 7) is 11.3. The van der Waals surface area contributed by atoms with E-state index in [0.717, 1.165) is 31.4 Å². The molecule has 1 aliphatic heterocycles. The molecule has 1 aliphatic rings. The fourth-order valence-corrected chi connectivity index (χ4v) is 4.55. The van der Waals surface area contributed by atoms with Crippen LogP contribution in [0.4, 0.5) is 21.5 Å². The van der Waals surface area contributed by atoms with E-state index < -0.39 is 4.92 Å². The lowest BCUT2D eigenvalue weighted by Gasteiger charge is -2.40. The average Bonchev–Trinajstić information content (AvgIpc) is 2.93. The summed E-state index contributed by atoms with van der Waals surface area (Å²) in [6.07, 6.45) is 6.07. The molecule has 1 fully saturated rings. The van der Waals surface area contributed by atoms with E-state index in [1.807, 2.05) is 13.8 Å². The minimum absolute atomic E-state index is 0.144. The monoisotopic (exact) mass is 569 g/mol. The van der Waals surface area contributed by atoms with Gasteiger partial charge in [-0.05, 0) is 74.8 Å². The third-order valence-electron chi connectivity index (χ3n) is 7.08. The van der Waals surface area contributed by atoms with Crippen molar-refractivity contribution in [3.8, 4) is 0 Å². The number of nitro groups is 1. The van der Waals surface area contributed by atoms with Gasteiger partial charge < -0.3 is 16.0 Å². The van der Waals surface area contributed by atoms with E-state index in [9.17, 15) is 14.5 Å². The van der Waals surface area contributed by atoms with Gasteiger partial charge in [0.1, 0.15) is 11.5 Å². The number of anilines is 2. The molecule has 0 amide bonds. The van der Waals surface area contributed by atoms with Gasteiger partial charge in [0, 0.05) is 35.9 Å². The van der Waals surface area contributed by atoms with Crippen LogP contribution in [0.2, 0.25) is 5.02 Å². The molecule has 0 radical (unpaired) electrons. The molecule has 3 N–H and O–H groups in total. The maximum atomic E-state index is 13.9. The molecule has 0 aliphatic carbocycles. The van der Waals surface area contributed by atoms with Crippen molar-refractivity contribution in [2.75, 3.05) is 17.2 Å². The smallest absolute Gasteiger partial charge is 0.269 e. The molecule has 1 aromatic heterocycles. The van der Waals surface area contributed by atoms with Gasteiger partial charge in [0.2, 0.25) is 0 Å². The van der Waals surface area contributed by atoms with Crippen molar-refractivity contribution in [2.24, 2.45) is 11.8 Å². The van der Waals surface area contributed by atoms with Crippen LogP contribution in [0, 0.1) is 40.1 Å². The van der Waals surface area contributed by atoms with Crippen molar-refractivity contribution >= 4 is 34.4 Å². The number of hydrogen-bond donors (Lipinski definition) is 2. The second-order valence-corrected chi connectivity index (χ2v) is 10.7. The number of nitrogen functional groups attached to an aromatic ring is 1. The van der Waals surface area contributed by atoms with Crippen LogP contribution in [-0.2, 0) is 0 Å². The number of aromatic nitrogens is 1. The topological polar surface area (TPSA) is 109 Å². The van der Waals surface area contributed by atoms with Crippen molar-refractivity contribution in [3.05, 3.63) is 93.0 Å². The molecule has 3 aromatic rings. The molecule has 9 heteroatoms. The van der Waals surface area contributed by atoms with Crippen LogP contribution in [0.5, 0.6) is 0 Å². The lowest BCUT2D eigenvalue weighted by Crippen LogP contribution is -2.42. The molecular formula is C31H41ClFN5O2. The number of nitrogens with zero attached hydrogens (tertiary/aromatic N) is 3. The summed E-state index contributed by atoms with van der Waals surface area (Å²) < 4.78 is 13.9. The van der Waals surface area contributed by atoms with E-state index >= 15 is 0 Å². The van der Waals surface area contributed by atoms with Crippen LogP contribution in [0.15, 0.2) is 60.8 Å². The van der Waals surface area contributed by atoms with Gasteiger partial charge in [-0.15, -0.1) is 0 Å². The maximum absolute atomic E-state index is 13.9. The van der Waals surface area contributed by atoms with Crippen LogP contribution in [0.25, 0.3) is 0 Å². The third kappa shape index (κ3) is 9.59. The molecule has 40 heavy (non-hydrogen) atoms. The fraction of sp³-hybridized carbons (Fsp3) is 0.419. The molecule has 216 valence electrons. The van der Waals surface area contributed by atoms with Crippen LogP contribution in [0.3, 0.4) is 0 Å². The molecular weight excluding hydrogens is 529 g/mol. The number of non-ortho nitro benzene ring substituents is 1. The number of aryl methyl sites for hydroxylation is 1. The summed E-state index contributed by atoms with van der Waals surface area (Å²) in [6, 6.07) is 15.4. The largest absolute Gasteiger partial charge is 0.397 e. The van der Waals surface area contributed by atoms with Crippen molar-refractivity contribution < 1.29 is 9.31 Å². The van der Waals surface area contributed by atoms with Crippen molar-refractivity contribution in [2.45, 2.75) is 66.3 Å². The van der Waals surface area contributed by atoms with Crippen molar-refractivity contribution in [3.63, 3.8) is 0 Å². The van der Waals surface area contributed by atoms with Crippen LogP contribution < -0.4 is 10.6 Å². The number of nitrogens with one attached hydrogen (secondary N) is 1. The number of halogens is 2. The number of nitro benzene ring substituents is 1. The van der Waals surface area contributed by atoms with E-state index in [1.54, 1.807) is 42.6 Å². The Morgan fingerprint density at radius 1 is 1.23 bits per heavy atom. The molecule has 4 rings (SSSR count). The highest BCUT2D eigenvalue weighted by Gasteiger charge is 2.26. The van der Waals surface area contributed by atoms with E-state index in [-0.39, 0.29) is 17.4 Å². The first-order valence-corrected chi connectivity index (χ1v) is 14.1. The van der Waals surface area contributed by atoms with Gasteiger partial charge in [0.15, 0.2) is 0 Å². The summed E-state index contributed by atoms with van der Waals surface area (Å²) in [5.74, 6) is 0.648. The highest BCUT2D eigenvalue weighted by Crippen LogP contribution is 2.32. The predicted molar refractivity (Wildman–Crippen MR) is 164 cm³/mol. The summed E-state index contributed by atoms with van der Waals surface area (Å²) in [4.78, 5) is 16.0. The van der Waals surface area contributed by atoms with Gasteiger partial charge >= 0.3 is 0 Å². The number of piperidine rings is 1. The van der Waals surface area contributed by atoms with Crippen molar-refractivity contribution in [1.82, 2.24) is 4.98 Å². The molecule has 3 unspecified atom stereocenters. The van der Waals surface area contributed by atoms with E-state index in [4.69, 9.17) is 22.7 Å². The second-order valence-electron chi connectivity index (χ2n) is 10.2. The second kappa shape index (κ2) is 15.9. The molecule has 0 saturated carbocycles. The standard InChI is InChI=1S/C14H19ClFN.C10H15N3.C7H7NO2/c1-3-12-6-4-10(2)9-17(12)14-7-5-11(15)8-13(14)16;1-3-7(2)9(12)10-8(11)5-4-6-13-10;1-6-2-4-7(5-3-6)8(9)10/h5,7-8,10,12H,3-4,6,9H2,1-2H3;4-7,12H,3,11H2,1-2H3;2-5H,1H3. The molecule has 0 spiro atoms. The van der Waals surface area contributed by atoms with Gasteiger partial charge in [-0.1, -0.05) is 57.0 Å². The van der Waals surface area contributed by atoms with E-state index in [1.165, 1.54) is 24.6 Å². The maximum Gasteiger partial charge on any atom is 0.269 e. The normalized spacial score (nSPS) is 17.0. The van der Waals surface area contributed by atoms with Crippen LogP contribution >= 0.6 is 11.6 Å². The zero-order valence-corrected chi connectivity index (χ0v) is 24.8. The summed E-state index contributed by atoms with van der Waals surface area (Å²) in [5, 5.41) is 18.4. The number of pyridine rings is 1. The number of hydrogen-bond acceptors (Lipinski definition) is 6. The van der Waals surface area contributed by atoms with Crippen LogP contribution in [-0.4, -0.2) is 28.2 Å². The molecule has 1 saturated heterocycles. The minimum atomic E-state index is -0.403. The Balaban J connectivity index is 0.000000218. The molecule has 7 nitrogen and oxygen atoms in total. The SMILES string of the molecule is CCC(C)C(=N)c1ncccc1N.CCC1CCC(C)CN1c1ccc(Cl)cc1F.Cc1ccc([N+](=O)[O-])cc1. The Labute approximate surface area is 242 Å². The first-order valence-electron chi connectivity index (χ1n) is 13.7. The number of rotatable bonds is 6. The minimum Gasteiger partial charge on any atom is -0.397 e. The highest BCUT2D eigenvalue weighted by molar-refractivity contribution is 6.30. The van der Waals surface area contributed by atoms with Gasteiger partial charge in [-0.2, -0.15) is 0 Å². The van der Waals surface area contributed by atoms with E-state index in [0.29, 0.717) is 39.8 Å². The molecule has 2 aromatic carbocycles. The van der Waals surface area contributed by atoms with Crippen molar-refractivity contribution in [1.29, 1.82) is 5.41 Å². The Kier molecular flexibility index (Phi) is 13.0. The zero-order chi connectivity index (χ0) is 29.8. The predicted octanol–water partition coefficient (Wildman–Crippen LogP) is 8.47. The fourth-order valence-electron chi connectivity index (χ4n) is 4.39. The number of nitrogens with two attached hydrogens (primary N) is 1. The van der Waals surface area contributed by atoms with Crippen LogP contribution in [0.1, 0.15) is 64.6 Å². The first-order chi connectivity index (χ1) is 19.0. The van der Waals surface area contributed by atoms with Gasteiger partial charge in [0.05, 0.1) is 22.0 Å². The summed E-state index contributed by atoms with van der Waals surface area (Å²) in [7, 11) is 0. The highest BCUT2D eigenvalue weighted by atomic mass is 35.5. The molecule has 2 heterocycles. The Hall–Kier alpha value is -3.52.